The zero-order valence-electron chi connectivity index (χ0n) is 7.52. The van der Waals surface area contributed by atoms with Crippen LogP contribution in [0.1, 0.15) is 11.4 Å². The zero-order valence-corrected chi connectivity index (χ0v) is 7.52. The summed E-state index contributed by atoms with van der Waals surface area (Å²) in [6, 6.07) is 8.14. The Morgan fingerprint density at radius 2 is 1.64 bits per heavy atom. The first kappa shape index (κ1) is 8.81. The zero-order chi connectivity index (χ0) is 9.80. The lowest BCUT2D eigenvalue weighted by atomic mass is 10.1. The third kappa shape index (κ3) is 2.13. The molecule has 70 valence electrons. The van der Waals surface area contributed by atoms with Gasteiger partial charge in [0.15, 0.2) is 0 Å². The van der Waals surface area contributed by atoms with E-state index in [2.05, 4.69) is 9.97 Å². The Balaban J connectivity index is 2.16. The molecule has 1 aromatic carbocycles. The smallest absolute Gasteiger partial charge is 0.132 e. The van der Waals surface area contributed by atoms with Crippen molar-refractivity contribution in [1.82, 2.24) is 9.97 Å². The molecule has 0 fully saturated rings. The summed E-state index contributed by atoms with van der Waals surface area (Å²) in [7, 11) is 0. The lowest BCUT2D eigenvalue weighted by molar-refractivity contribution is 0.627. The summed E-state index contributed by atoms with van der Waals surface area (Å²) in [5, 5.41) is 0. The van der Waals surface area contributed by atoms with Crippen molar-refractivity contribution in [2.24, 2.45) is 0 Å². The van der Waals surface area contributed by atoms with E-state index in [0.29, 0.717) is 6.42 Å². The Labute approximate surface area is 81.5 Å². The van der Waals surface area contributed by atoms with Crippen molar-refractivity contribution in [2.45, 2.75) is 6.42 Å². The normalized spacial score (nSPS) is 10.1. The number of nitrogens with zero attached hydrogens (tertiary/aromatic N) is 2. The fourth-order valence-electron chi connectivity index (χ4n) is 1.21. The molecular formula is C11H9FN2. The Morgan fingerprint density at radius 3 is 2.29 bits per heavy atom. The number of hydrogen-bond acceptors (Lipinski definition) is 2. The van der Waals surface area contributed by atoms with Crippen LogP contribution in [-0.2, 0) is 6.42 Å². The predicted octanol–water partition coefficient (Wildman–Crippen LogP) is 2.21. The van der Waals surface area contributed by atoms with Crippen LogP contribution in [0.5, 0.6) is 0 Å². The molecule has 0 aliphatic rings. The van der Waals surface area contributed by atoms with Crippen molar-refractivity contribution in [3.05, 3.63) is 59.9 Å². The second-order valence-corrected chi connectivity index (χ2v) is 2.97. The summed E-state index contributed by atoms with van der Waals surface area (Å²) in [6.45, 7) is 0. The van der Waals surface area contributed by atoms with E-state index in [1.165, 1.54) is 12.1 Å². The summed E-state index contributed by atoms with van der Waals surface area (Å²) in [5.41, 5.74) is 1.01. The average molecular weight is 188 g/mol. The minimum absolute atomic E-state index is 0.220. The van der Waals surface area contributed by atoms with Crippen molar-refractivity contribution in [3.63, 3.8) is 0 Å². The molecule has 2 aromatic rings. The number of hydrogen-bond donors (Lipinski definition) is 0. The van der Waals surface area contributed by atoms with Crippen LogP contribution in [0.3, 0.4) is 0 Å². The number of benzene rings is 1. The van der Waals surface area contributed by atoms with Crippen molar-refractivity contribution in [3.8, 4) is 0 Å². The Bertz CT molecular complexity index is 397. The highest BCUT2D eigenvalue weighted by Gasteiger charge is 1.97. The van der Waals surface area contributed by atoms with Gasteiger partial charge in [0.1, 0.15) is 11.6 Å². The highest BCUT2D eigenvalue weighted by atomic mass is 19.1. The Hall–Kier alpha value is -1.77. The maximum absolute atomic E-state index is 12.6. The number of rotatable bonds is 2. The molecule has 14 heavy (non-hydrogen) atoms. The molecular weight excluding hydrogens is 179 g/mol. The maximum Gasteiger partial charge on any atom is 0.132 e. The van der Waals surface area contributed by atoms with E-state index >= 15 is 0 Å². The highest BCUT2D eigenvalue weighted by molar-refractivity contribution is 5.19. The van der Waals surface area contributed by atoms with E-state index in [9.17, 15) is 4.39 Å². The van der Waals surface area contributed by atoms with E-state index in [0.717, 1.165) is 11.4 Å². The Kier molecular flexibility index (Phi) is 2.49. The molecule has 0 aliphatic carbocycles. The summed E-state index contributed by atoms with van der Waals surface area (Å²) < 4.78 is 12.6. The first-order valence-electron chi connectivity index (χ1n) is 4.35. The second kappa shape index (κ2) is 3.96. The third-order valence-corrected chi connectivity index (χ3v) is 1.89. The second-order valence-electron chi connectivity index (χ2n) is 2.97. The van der Waals surface area contributed by atoms with Gasteiger partial charge < -0.3 is 0 Å². The van der Waals surface area contributed by atoms with Gasteiger partial charge >= 0.3 is 0 Å². The van der Waals surface area contributed by atoms with Gasteiger partial charge in [-0.2, -0.15) is 0 Å². The van der Waals surface area contributed by atoms with Gasteiger partial charge in [-0.05, 0) is 23.8 Å². The van der Waals surface area contributed by atoms with Crippen molar-refractivity contribution in [2.75, 3.05) is 0 Å². The van der Waals surface area contributed by atoms with Crippen LogP contribution in [0, 0.1) is 5.82 Å². The lowest BCUT2D eigenvalue weighted by Gasteiger charge is -1.98. The van der Waals surface area contributed by atoms with Gasteiger partial charge in [0, 0.05) is 18.8 Å². The minimum Gasteiger partial charge on any atom is -0.241 e. The largest absolute Gasteiger partial charge is 0.241 e. The van der Waals surface area contributed by atoms with E-state index < -0.39 is 0 Å². The van der Waals surface area contributed by atoms with Crippen molar-refractivity contribution >= 4 is 0 Å². The third-order valence-electron chi connectivity index (χ3n) is 1.89. The molecule has 0 N–H and O–H groups in total. The van der Waals surface area contributed by atoms with Crippen LogP contribution >= 0.6 is 0 Å². The van der Waals surface area contributed by atoms with Gasteiger partial charge in [-0.25, -0.2) is 14.4 Å². The van der Waals surface area contributed by atoms with Gasteiger partial charge in [-0.3, -0.25) is 0 Å². The highest BCUT2D eigenvalue weighted by Crippen LogP contribution is 2.06. The molecule has 2 nitrogen and oxygen atoms in total. The molecule has 0 unspecified atom stereocenters. The fourth-order valence-corrected chi connectivity index (χ4v) is 1.21. The molecule has 2 rings (SSSR count). The standard InChI is InChI=1S/C11H9FN2/c12-10-4-2-9(3-5-10)8-11-13-6-1-7-14-11/h1-7H,8H2. The van der Waals surface area contributed by atoms with Crippen LogP contribution in [0.4, 0.5) is 4.39 Å². The molecule has 0 amide bonds. The van der Waals surface area contributed by atoms with Crippen LogP contribution in [0.2, 0.25) is 0 Å². The van der Waals surface area contributed by atoms with Crippen LogP contribution in [0.25, 0.3) is 0 Å². The number of aromatic nitrogens is 2. The molecule has 0 saturated heterocycles. The summed E-state index contributed by atoms with van der Waals surface area (Å²) in [6.07, 6.45) is 4.04. The molecule has 0 atom stereocenters. The molecule has 0 bridgehead atoms. The van der Waals surface area contributed by atoms with Gasteiger partial charge in [-0.15, -0.1) is 0 Å². The quantitative estimate of drug-likeness (QED) is 0.722. The first-order chi connectivity index (χ1) is 6.84. The summed E-state index contributed by atoms with van der Waals surface area (Å²) in [4.78, 5) is 8.18. The van der Waals surface area contributed by atoms with Gasteiger partial charge in [-0.1, -0.05) is 12.1 Å². The molecule has 1 aromatic heterocycles. The Morgan fingerprint density at radius 1 is 1.00 bits per heavy atom. The average Bonchev–Trinajstić information content (AvgIpc) is 2.23. The van der Waals surface area contributed by atoms with Gasteiger partial charge in [0.05, 0.1) is 0 Å². The monoisotopic (exact) mass is 188 g/mol. The van der Waals surface area contributed by atoms with E-state index in [4.69, 9.17) is 0 Å². The number of halogens is 1. The summed E-state index contributed by atoms with van der Waals surface area (Å²) in [5.74, 6) is 0.529. The molecule has 0 aliphatic heterocycles. The molecule has 0 radical (unpaired) electrons. The first-order valence-corrected chi connectivity index (χ1v) is 4.35. The molecule has 0 saturated carbocycles. The summed E-state index contributed by atoms with van der Waals surface area (Å²) >= 11 is 0. The van der Waals surface area contributed by atoms with Gasteiger partial charge in [0.25, 0.3) is 0 Å². The minimum atomic E-state index is -0.220. The lowest BCUT2D eigenvalue weighted by Crippen LogP contribution is -1.94. The SMILES string of the molecule is Fc1ccc(Cc2ncccn2)cc1. The van der Waals surface area contributed by atoms with Gasteiger partial charge in [0.2, 0.25) is 0 Å². The van der Waals surface area contributed by atoms with E-state index in [1.54, 1.807) is 30.6 Å². The van der Waals surface area contributed by atoms with E-state index in [-0.39, 0.29) is 5.82 Å². The van der Waals surface area contributed by atoms with Crippen LogP contribution in [-0.4, -0.2) is 9.97 Å². The van der Waals surface area contributed by atoms with Crippen molar-refractivity contribution < 1.29 is 4.39 Å². The van der Waals surface area contributed by atoms with Crippen molar-refractivity contribution in [1.29, 1.82) is 0 Å². The predicted molar refractivity (Wildman–Crippen MR) is 51.2 cm³/mol. The molecule has 1 heterocycles. The van der Waals surface area contributed by atoms with Crippen LogP contribution < -0.4 is 0 Å². The van der Waals surface area contributed by atoms with E-state index in [1.807, 2.05) is 0 Å². The molecule has 0 spiro atoms. The van der Waals surface area contributed by atoms with Crippen LogP contribution in [0.15, 0.2) is 42.7 Å². The topological polar surface area (TPSA) is 25.8 Å². The molecule has 3 heteroatoms. The fraction of sp³-hybridized carbons (Fsp3) is 0.0909. The maximum atomic E-state index is 12.6.